The number of aryl methyl sites for hydroxylation is 2. The van der Waals surface area contributed by atoms with Gasteiger partial charge in [-0.3, -0.25) is 4.68 Å². The summed E-state index contributed by atoms with van der Waals surface area (Å²) in [5.41, 5.74) is 3.48. The number of hydrogen-bond donors (Lipinski definition) is 0. The van der Waals surface area contributed by atoms with E-state index in [9.17, 15) is 4.79 Å². The molecule has 0 aliphatic carbocycles. The normalized spacial score (nSPS) is 15.6. The van der Waals surface area contributed by atoms with Gasteiger partial charge in [0.15, 0.2) is 0 Å². The molecule has 0 saturated heterocycles. The van der Waals surface area contributed by atoms with Crippen molar-refractivity contribution >= 4 is 11.7 Å². The van der Waals surface area contributed by atoms with Crippen LogP contribution in [0.25, 0.3) is 0 Å². The van der Waals surface area contributed by atoms with E-state index in [-0.39, 0.29) is 12.4 Å². The van der Waals surface area contributed by atoms with Crippen molar-refractivity contribution in [2.75, 3.05) is 0 Å². The van der Waals surface area contributed by atoms with Crippen molar-refractivity contribution in [3.8, 4) is 0 Å². The maximum atomic E-state index is 10.9. The number of carbonyl (C=O) groups is 1. The molecule has 1 aromatic heterocycles. The molecular weight excluding hydrogens is 182 g/mol. The molecule has 0 bridgehead atoms. The summed E-state index contributed by atoms with van der Waals surface area (Å²) in [5.74, 6) is -0.303. The van der Waals surface area contributed by atoms with Crippen LogP contribution >= 0.6 is 0 Å². The summed E-state index contributed by atoms with van der Waals surface area (Å²) in [7, 11) is 1.87. The summed E-state index contributed by atoms with van der Waals surface area (Å²) in [6.07, 6.45) is 0.243. The molecule has 1 aliphatic rings. The van der Waals surface area contributed by atoms with Gasteiger partial charge in [-0.25, -0.2) is 4.79 Å². The Bertz CT molecular complexity index is 432. The van der Waals surface area contributed by atoms with Crippen molar-refractivity contribution in [1.82, 2.24) is 9.78 Å². The minimum absolute atomic E-state index is 0.243. The Morgan fingerprint density at radius 1 is 1.43 bits per heavy atom. The van der Waals surface area contributed by atoms with Gasteiger partial charge in [-0.1, -0.05) is 5.16 Å². The number of carbonyl (C=O) groups excluding carboxylic acids is 1. The second-order valence-electron chi connectivity index (χ2n) is 3.35. The standard InChI is InChI=1S/C9H11N3O2/c1-5-9(6(2)12(3)10-5)7-4-8(13)14-11-7/h4H2,1-3H3. The van der Waals surface area contributed by atoms with Gasteiger partial charge in [0.25, 0.3) is 0 Å². The van der Waals surface area contributed by atoms with Crippen molar-refractivity contribution in [3.05, 3.63) is 17.0 Å². The second-order valence-corrected chi connectivity index (χ2v) is 3.35. The Kier molecular flexibility index (Phi) is 1.87. The zero-order chi connectivity index (χ0) is 10.3. The summed E-state index contributed by atoms with van der Waals surface area (Å²) < 4.78 is 1.77. The Labute approximate surface area is 81.3 Å². The van der Waals surface area contributed by atoms with Crippen LogP contribution in [0, 0.1) is 13.8 Å². The van der Waals surface area contributed by atoms with Gasteiger partial charge < -0.3 is 4.84 Å². The minimum atomic E-state index is -0.303. The Balaban J connectivity index is 2.46. The summed E-state index contributed by atoms with van der Waals surface area (Å²) in [6.45, 7) is 3.84. The summed E-state index contributed by atoms with van der Waals surface area (Å²) >= 11 is 0. The van der Waals surface area contributed by atoms with Gasteiger partial charge in [0.05, 0.1) is 12.1 Å². The maximum absolute atomic E-state index is 10.9. The Morgan fingerprint density at radius 2 is 2.14 bits per heavy atom. The van der Waals surface area contributed by atoms with Gasteiger partial charge in [-0.2, -0.15) is 5.10 Å². The molecule has 0 saturated carbocycles. The van der Waals surface area contributed by atoms with Gasteiger partial charge in [0, 0.05) is 18.3 Å². The number of hydrogen-bond acceptors (Lipinski definition) is 4. The lowest BCUT2D eigenvalue weighted by molar-refractivity contribution is -0.140. The molecule has 1 aliphatic heterocycles. The lowest BCUT2D eigenvalue weighted by Crippen LogP contribution is -2.03. The van der Waals surface area contributed by atoms with E-state index in [2.05, 4.69) is 15.1 Å². The molecule has 2 heterocycles. The number of rotatable bonds is 1. The second kappa shape index (κ2) is 2.94. The summed E-state index contributed by atoms with van der Waals surface area (Å²) in [5, 5.41) is 7.98. The molecule has 2 rings (SSSR count). The molecule has 0 radical (unpaired) electrons. The van der Waals surface area contributed by atoms with Gasteiger partial charge in [-0.15, -0.1) is 0 Å². The van der Waals surface area contributed by atoms with Crippen LogP contribution in [0.1, 0.15) is 23.4 Å². The third kappa shape index (κ3) is 1.21. The average molecular weight is 193 g/mol. The highest BCUT2D eigenvalue weighted by atomic mass is 16.7. The highest BCUT2D eigenvalue weighted by molar-refractivity contribution is 6.12. The number of oxime groups is 1. The van der Waals surface area contributed by atoms with E-state index in [1.165, 1.54) is 0 Å². The van der Waals surface area contributed by atoms with E-state index < -0.39 is 0 Å². The Hall–Kier alpha value is -1.65. The molecular formula is C9H11N3O2. The van der Waals surface area contributed by atoms with Crippen LogP contribution in [0.3, 0.4) is 0 Å². The fraction of sp³-hybridized carbons (Fsp3) is 0.444. The summed E-state index contributed by atoms with van der Waals surface area (Å²) in [4.78, 5) is 15.4. The van der Waals surface area contributed by atoms with Crippen molar-refractivity contribution < 1.29 is 9.63 Å². The van der Waals surface area contributed by atoms with Crippen LogP contribution in [0.4, 0.5) is 0 Å². The van der Waals surface area contributed by atoms with E-state index in [4.69, 9.17) is 0 Å². The highest BCUT2D eigenvalue weighted by Crippen LogP contribution is 2.18. The van der Waals surface area contributed by atoms with Crippen LogP contribution in [0.5, 0.6) is 0 Å². The zero-order valence-electron chi connectivity index (χ0n) is 8.37. The van der Waals surface area contributed by atoms with Gasteiger partial charge in [0.1, 0.15) is 5.71 Å². The van der Waals surface area contributed by atoms with Crippen molar-refractivity contribution in [2.24, 2.45) is 12.2 Å². The fourth-order valence-corrected chi connectivity index (χ4v) is 1.63. The quantitative estimate of drug-likeness (QED) is 0.616. The van der Waals surface area contributed by atoms with Crippen LogP contribution in [-0.4, -0.2) is 21.5 Å². The molecule has 0 unspecified atom stereocenters. The van der Waals surface area contributed by atoms with Crippen molar-refractivity contribution in [3.63, 3.8) is 0 Å². The molecule has 14 heavy (non-hydrogen) atoms. The third-order valence-corrected chi connectivity index (χ3v) is 2.37. The first-order valence-corrected chi connectivity index (χ1v) is 4.37. The van der Waals surface area contributed by atoms with Crippen LogP contribution < -0.4 is 0 Å². The first-order valence-electron chi connectivity index (χ1n) is 4.37. The topological polar surface area (TPSA) is 56.5 Å². The van der Waals surface area contributed by atoms with Gasteiger partial charge in [0.2, 0.25) is 0 Å². The minimum Gasteiger partial charge on any atom is -0.318 e. The number of nitrogens with zero attached hydrogens (tertiary/aromatic N) is 3. The maximum Gasteiger partial charge on any atom is 0.341 e. The van der Waals surface area contributed by atoms with E-state index in [1.54, 1.807) is 4.68 Å². The first kappa shape index (κ1) is 8.93. The van der Waals surface area contributed by atoms with Crippen LogP contribution in [0.2, 0.25) is 0 Å². The molecule has 1 aromatic rings. The SMILES string of the molecule is Cc1nn(C)c(C)c1C1=NOC(=O)C1. The molecule has 0 fully saturated rings. The van der Waals surface area contributed by atoms with E-state index in [1.807, 2.05) is 20.9 Å². The molecule has 0 N–H and O–H groups in total. The molecule has 74 valence electrons. The zero-order valence-corrected chi connectivity index (χ0v) is 8.37. The predicted molar refractivity (Wildman–Crippen MR) is 49.9 cm³/mol. The van der Waals surface area contributed by atoms with E-state index in [0.717, 1.165) is 17.0 Å². The van der Waals surface area contributed by atoms with E-state index >= 15 is 0 Å². The van der Waals surface area contributed by atoms with E-state index in [0.29, 0.717) is 5.71 Å². The fourth-order valence-electron chi connectivity index (χ4n) is 1.63. The van der Waals surface area contributed by atoms with Gasteiger partial charge in [-0.05, 0) is 13.8 Å². The van der Waals surface area contributed by atoms with Gasteiger partial charge >= 0.3 is 5.97 Å². The van der Waals surface area contributed by atoms with Crippen molar-refractivity contribution in [1.29, 1.82) is 0 Å². The number of aromatic nitrogens is 2. The largest absolute Gasteiger partial charge is 0.341 e. The predicted octanol–water partition coefficient (Wildman–Crippen LogP) is 0.688. The Morgan fingerprint density at radius 3 is 2.57 bits per heavy atom. The highest BCUT2D eigenvalue weighted by Gasteiger charge is 2.24. The lowest BCUT2D eigenvalue weighted by Gasteiger charge is -1.97. The first-order chi connectivity index (χ1) is 6.59. The molecule has 0 atom stereocenters. The molecule has 0 spiro atoms. The average Bonchev–Trinajstić information content (AvgIpc) is 2.60. The van der Waals surface area contributed by atoms with Crippen LogP contribution in [-0.2, 0) is 16.7 Å². The molecule has 5 heteroatoms. The molecule has 0 amide bonds. The smallest absolute Gasteiger partial charge is 0.318 e. The summed E-state index contributed by atoms with van der Waals surface area (Å²) in [6, 6.07) is 0. The van der Waals surface area contributed by atoms with Crippen molar-refractivity contribution in [2.45, 2.75) is 20.3 Å². The lowest BCUT2D eigenvalue weighted by atomic mass is 10.1. The monoisotopic (exact) mass is 193 g/mol. The van der Waals surface area contributed by atoms with Crippen LogP contribution in [0.15, 0.2) is 5.16 Å². The molecule has 5 nitrogen and oxygen atoms in total. The third-order valence-electron chi connectivity index (χ3n) is 2.37. The molecule has 0 aromatic carbocycles.